The first kappa shape index (κ1) is 16.3. The highest BCUT2D eigenvalue weighted by Gasteiger charge is 2.26. The molecule has 1 aromatic heterocycles. The molecule has 1 atom stereocenters. The van der Waals surface area contributed by atoms with Crippen molar-refractivity contribution in [3.05, 3.63) is 71.3 Å². The number of ether oxygens (including phenoxy) is 1. The Kier molecular flexibility index (Phi) is 4.16. The molecule has 6 nitrogen and oxygen atoms in total. The van der Waals surface area contributed by atoms with Crippen LogP contribution in [0.3, 0.4) is 0 Å². The SMILES string of the molecule is COc1ccccc1[C@@H]1C=C(c2ccc(C(C)C)cc2)Nc2nnnn21. The first-order valence-corrected chi connectivity index (χ1v) is 8.67. The van der Waals surface area contributed by atoms with Crippen LogP contribution < -0.4 is 10.1 Å². The van der Waals surface area contributed by atoms with Crippen LogP contribution in [0.5, 0.6) is 5.75 Å². The summed E-state index contributed by atoms with van der Waals surface area (Å²) >= 11 is 0. The Bertz CT molecular complexity index is 943. The number of nitrogens with zero attached hydrogens (tertiary/aromatic N) is 4. The Morgan fingerprint density at radius 2 is 1.85 bits per heavy atom. The van der Waals surface area contributed by atoms with Gasteiger partial charge < -0.3 is 10.1 Å². The van der Waals surface area contributed by atoms with E-state index >= 15 is 0 Å². The molecule has 1 N–H and O–H groups in total. The summed E-state index contributed by atoms with van der Waals surface area (Å²) in [5.41, 5.74) is 4.42. The molecular weight excluding hydrogens is 326 g/mol. The van der Waals surface area contributed by atoms with E-state index in [1.807, 2.05) is 24.3 Å². The molecule has 0 radical (unpaired) electrons. The maximum absolute atomic E-state index is 5.54. The van der Waals surface area contributed by atoms with Gasteiger partial charge in [0.25, 0.3) is 0 Å². The van der Waals surface area contributed by atoms with E-state index in [-0.39, 0.29) is 6.04 Å². The Morgan fingerprint density at radius 1 is 1.08 bits per heavy atom. The van der Waals surface area contributed by atoms with E-state index in [2.05, 4.69) is 65.0 Å². The van der Waals surface area contributed by atoms with Crippen molar-refractivity contribution in [2.75, 3.05) is 12.4 Å². The maximum Gasteiger partial charge on any atom is 0.248 e. The van der Waals surface area contributed by atoms with Gasteiger partial charge in [0, 0.05) is 11.3 Å². The van der Waals surface area contributed by atoms with Crippen LogP contribution in [0.4, 0.5) is 5.95 Å². The number of hydrogen-bond donors (Lipinski definition) is 1. The average molecular weight is 347 g/mol. The fraction of sp³-hybridized carbons (Fsp3) is 0.250. The van der Waals surface area contributed by atoms with Gasteiger partial charge in [-0.15, -0.1) is 0 Å². The quantitative estimate of drug-likeness (QED) is 0.776. The molecule has 2 aromatic carbocycles. The van der Waals surface area contributed by atoms with E-state index in [1.165, 1.54) is 5.56 Å². The number of para-hydroxylation sites is 1. The summed E-state index contributed by atoms with van der Waals surface area (Å²) in [6, 6.07) is 16.4. The Labute approximate surface area is 152 Å². The van der Waals surface area contributed by atoms with Crippen molar-refractivity contribution in [1.82, 2.24) is 20.2 Å². The van der Waals surface area contributed by atoms with Gasteiger partial charge in [-0.3, -0.25) is 0 Å². The topological polar surface area (TPSA) is 64.9 Å². The molecule has 1 aliphatic heterocycles. The number of methoxy groups -OCH3 is 1. The van der Waals surface area contributed by atoms with Crippen molar-refractivity contribution in [3.63, 3.8) is 0 Å². The minimum Gasteiger partial charge on any atom is -0.496 e. The fourth-order valence-corrected chi connectivity index (χ4v) is 3.20. The van der Waals surface area contributed by atoms with Crippen molar-refractivity contribution in [3.8, 4) is 5.75 Å². The Hall–Kier alpha value is -3.15. The molecule has 0 unspecified atom stereocenters. The molecule has 0 amide bonds. The normalized spacial score (nSPS) is 16.0. The molecule has 0 fully saturated rings. The molecule has 2 heterocycles. The van der Waals surface area contributed by atoms with E-state index in [0.29, 0.717) is 11.9 Å². The number of rotatable bonds is 4. The second-order valence-corrected chi connectivity index (χ2v) is 6.62. The number of benzene rings is 2. The predicted molar refractivity (Wildman–Crippen MR) is 101 cm³/mol. The molecule has 0 saturated heterocycles. The zero-order chi connectivity index (χ0) is 18.1. The molecule has 3 aromatic rings. The molecule has 132 valence electrons. The lowest BCUT2D eigenvalue weighted by Crippen LogP contribution is -2.20. The molecule has 0 bridgehead atoms. The molecule has 1 aliphatic rings. The third-order valence-electron chi connectivity index (χ3n) is 4.67. The van der Waals surface area contributed by atoms with Crippen molar-refractivity contribution >= 4 is 11.6 Å². The molecule has 26 heavy (non-hydrogen) atoms. The smallest absolute Gasteiger partial charge is 0.248 e. The summed E-state index contributed by atoms with van der Waals surface area (Å²) < 4.78 is 7.31. The predicted octanol–water partition coefficient (Wildman–Crippen LogP) is 3.86. The Balaban J connectivity index is 1.78. The van der Waals surface area contributed by atoms with Crippen LogP contribution in [0.1, 0.15) is 42.5 Å². The van der Waals surface area contributed by atoms with Gasteiger partial charge in [-0.05, 0) is 39.6 Å². The summed E-state index contributed by atoms with van der Waals surface area (Å²) in [5, 5.41) is 15.4. The maximum atomic E-state index is 5.54. The lowest BCUT2D eigenvalue weighted by atomic mass is 9.98. The van der Waals surface area contributed by atoms with E-state index in [9.17, 15) is 0 Å². The van der Waals surface area contributed by atoms with Gasteiger partial charge in [0.2, 0.25) is 5.95 Å². The Morgan fingerprint density at radius 3 is 2.58 bits per heavy atom. The first-order valence-electron chi connectivity index (χ1n) is 8.67. The van der Waals surface area contributed by atoms with Crippen LogP contribution in [-0.4, -0.2) is 27.3 Å². The third kappa shape index (κ3) is 2.83. The highest BCUT2D eigenvalue weighted by Crippen LogP contribution is 2.35. The fourth-order valence-electron chi connectivity index (χ4n) is 3.20. The van der Waals surface area contributed by atoms with E-state index in [1.54, 1.807) is 11.8 Å². The van der Waals surface area contributed by atoms with Crippen LogP contribution in [0.15, 0.2) is 54.6 Å². The van der Waals surface area contributed by atoms with E-state index in [0.717, 1.165) is 22.6 Å². The highest BCUT2D eigenvalue weighted by atomic mass is 16.5. The number of aromatic nitrogens is 4. The molecule has 6 heteroatoms. The van der Waals surface area contributed by atoms with Gasteiger partial charge in [-0.1, -0.05) is 61.4 Å². The summed E-state index contributed by atoms with van der Waals surface area (Å²) in [7, 11) is 1.68. The number of tetrazole rings is 1. The molecular formula is C20H21N5O. The van der Waals surface area contributed by atoms with Gasteiger partial charge >= 0.3 is 0 Å². The number of fused-ring (bicyclic) bond motifs is 1. The van der Waals surface area contributed by atoms with Crippen molar-refractivity contribution in [1.29, 1.82) is 0 Å². The van der Waals surface area contributed by atoms with Gasteiger partial charge in [-0.25, -0.2) is 0 Å². The van der Waals surface area contributed by atoms with Gasteiger partial charge in [0.1, 0.15) is 11.8 Å². The minimum absolute atomic E-state index is 0.142. The lowest BCUT2D eigenvalue weighted by Gasteiger charge is -2.24. The summed E-state index contributed by atoms with van der Waals surface area (Å²) in [5.74, 6) is 1.93. The molecule has 0 aliphatic carbocycles. The minimum atomic E-state index is -0.142. The summed E-state index contributed by atoms with van der Waals surface area (Å²) in [6.07, 6.45) is 2.13. The zero-order valence-electron chi connectivity index (χ0n) is 15.0. The van der Waals surface area contributed by atoms with Gasteiger partial charge in [0.15, 0.2) is 0 Å². The number of nitrogens with one attached hydrogen (secondary N) is 1. The van der Waals surface area contributed by atoms with E-state index < -0.39 is 0 Å². The van der Waals surface area contributed by atoms with Crippen LogP contribution in [0.25, 0.3) is 5.70 Å². The molecule has 0 saturated carbocycles. The standard InChI is InChI=1S/C20H21N5O/c1-13(2)14-8-10-15(11-9-14)17-12-18(25-20(21-17)22-23-24-25)16-6-4-5-7-19(16)26-3/h4-13,18H,1-3H3,(H,21,22,24)/t18-/m0/s1. The second kappa shape index (κ2) is 6.63. The van der Waals surface area contributed by atoms with Gasteiger partial charge in [-0.2, -0.15) is 4.68 Å². The third-order valence-corrected chi connectivity index (χ3v) is 4.67. The van der Waals surface area contributed by atoms with Crippen LogP contribution >= 0.6 is 0 Å². The molecule has 4 rings (SSSR count). The highest BCUT2D eigenvalue weighted by molar-refractivity contribution is 5.77. The summed E-state index contributed by atoms with van der Waals surface area (Å²) in [6.45, 7) is 4.39. The summed E-state index contributed by atoms with van der Waals surface area (Å²) in [4.78, 5) is 0. The van der Waals surface area contributed by atoms with Crippen LogP contribution in [0, 0.1) is 0 Å². The largest absolute Gasteiger partial charge is 0.496 e. The van der Waals surface area contributed by atoms with Crippen LogP contribution in [0.2, 0.25) is 0 Å². The number of anilines is 1. The van der Waals surface area contributed by atoms with Crippen molar-refractivity contribution in [2.24, 2.45) is 0 Å². The number of allylic oxidation sites excluding steroid dienone is 1. The lowest BCUT2D eigenvalue weighted by molar-refractivity contribution is 0.403. The number of hydrogen-bond acceptors (Lipinski definition) is 5. The second-order valence-electron chi connectivity index (χ2n) is 6.62. The van der Waals surface area contributed by atoms with E-state index in [4.69, 9.17) is 4.74 Å². The molecule has 0 spiro atoms. The first-order chi connectivity index (χ1) is 12.7. The average Bonchev–Trinajstić information content (AvgIpc) is 3.16. The van der Waals surface area contributed by atoms with Crippen LogP contribution in [-0.2, 0) is 0 Å². The van der Waals surface area contributed by atoms with Gasteiger partial charge in [0.05, 0.1) is 7.11 Å². The monoisotopic (exact) mass is 347 g/mol. The van der Waals surface area contributed by atoms with Crippen molar-refractivity contribution < 1.29 is 4.74 Å². The zero-order valence-corrected chi connectivity index (χ0v) is 15.0. The van der Waals surface area contributed by atoms with Crippen molar-refractivity contribution in [2.45, 2.75) is 25.8 Å².